The molecular formula is C30H34F7N5O4. The van der Waals surface area contributed by atoms with Gasteiger partial charge in [-0.25, -0.2) is 13.6 Å². The molecule has 1 saturated heterocycles. The highest BCUT2D eigenvalue weighted by Crippen LogP contribution is 2.39. The van der Waals surface area contributed by atoms with Crippen LogP contribution in [-0.4, -0.2) is 92.1 Å². The molecule has 0 spiro atoms. The normalized spacial score (nSPS) is 17.7. The molecule has 252 valence electrons. The van der Waals surface area contributed by atoms with E-state index < -0.39 is 77.2 Å². The number of aromatic nitrogens is 1. The zero-order valence-corrected chi connectivity index (χ0v) is 25.2. The largest absolute Gasteiger partial charge is 0.446 e. The maximum atomic E-state index is 16.5. The zero-order chi connectivity index (χ0) is 33.8. The van der Waals surface area contributed by atoms with Gasteiger partial charge in [-0.1, -0.05) is 6.08 Å². The minimum atomic E-state index is -5.10. The number of halogens is 7. The fourth-order valence-electron chi connectivity index (χ4n) is 5.41. The Morgan fingerprint density at radius 3 is 2.43 bits per heavy atom. The van der Waals surface area contributed by atoms with Crippen molar-refractivity contribution >= 4 is 28.9 Å². The topological polar surface area (TPSA) is 98.0 Å². The van der Waals surface area contributed by atoms with Crippen LogP contribution in [0.25, 0.3) is 5.57 Å². The molecule has 1 aromatic heterocycles. The number of amides is 2. The van der Waals surface area contributed by atoms with Crippen LogP contribution in [0.2, 0.25) is 0 Å². The molecule has 3 heterocycles. The smallest absolute Gasteiger partial charge is 0.417 e. The molecule has 0 aliphatic carbocycles. The average Bonchev–Trinajstić information content (AvgIpc) is 2.99. The number of H-pyrrole nitrogens is 1. The summed E-state index contributed by atoms with van der Waals surface area (Å²) in [7, 11) is 1.85. The lowest BCUT2D eigenvalue weighted by Crippen LogP contribution is -2.50. The van der Waals surface area contributed by atoms with Gasteiger partial charge in [0.15, 0.2) is 5.82 Å². The molecule has 9 nitrogen and oxygen atoms in total. The Balaban J connectivity index is 1.74. The number of alkyl halides is 5. The highest BCUT2D eigenvalue weighted by atomic mass is 19.4. The minimum Gasteiger partial charge on any atom is -0.446 e. The summed E-state index contributed by atoms with van der Waals surface area (Å²) in [6.45, 7) is 0.907. The first-order chi connectivity index (χ1) is 21.7. The number of benzene rings is 1. The van der Waals surface area contributed by atoms with E-state index in [1.165, 1.54) is 6.08 Å². The van der Waals surface area contributed by atoms with Crippen molar-refractivity contribution in [2.45, 2.75) is 44.5 Å². The van der Waals surface area contributed by atoms with Crippen LogP contribution >= 0.6 is 0 Å². The lowest BCUT2D eigenvalue weighted by Gasteiger charge is -2.40. The fourth-order valence-corrected chi connectivity index (χ4v) is 5.41. The molecule has 0 saturated carbocycles. The van der Waals surface area contributed by atoms with E-state index in [-0.39, 0.29) is 68.8 Å². The Hall–Kier alpha value is -4.08. The van der Waals surface area contributed by atoms with E-state index in [1.54, 1.807) is 4.90 Å². The van der Waals surface area contributed by atoms with E-state index >= 15 is 8.78 Å². The minimum absolute atomic E-state index is 0.0143. The molecule has 2 aliphatic heterocycles. The van der Waals surface area contributed by atoms with Crippen LogP contribution in [0, 0.1) is 11.6 Å². The maximum Gasteiger partial charge on any atom is 0.417 e. The number of carbonyl (C=O) groups excluding carboxylic acids is 2. The van der Waals surface area contributed by atoms with Crippen molar-refractivity contribution in [1.29, 1.82) is 0 Å². The Kier molecular flexibility index (Phi) is 11.0. The van der Waals surface area contributed by atoms with Crippen LogP contribution < -0.4 is 15.8 Å². The molecular weight excluding hydrogens is 627 g/mol. The Bertz CT molecular complexity index is 1520. The number of likely N-dealkylation sites (N-methyl/N-ethyl adjacent to an activating group) is 1. The number of rotatable bonds is 9. The molecule has 46 heavy (non-hydrogen) atoms. The second kappa shape index (κ2) is 14.6. The van der Waals surface area contributed by atoms with Crippen molar-refractivity contribution in [3.63, 3.8) is 0 Å². The van der Waals surface area contributed by atoms with Crippen molar-refractivity contribution in [3.05, 3.63) is 63.1 Å². The number of nitrogens with one attached hydrogen (secondary N) is 2. The second-order valence-electron chi connectivity index (χ2n) is 11.2. The number of carbonyl (C=O) groups is 2. The number of ether oxygens (including phenoxy) is 1. The fraction of sp³-hybridized carbons (Fsp3) is 0.500. The van der Waals surface area contributed by atoms with Crippen molar-refractivity contribution in [2.75, 3.05) is 63.3 Å². The van der Waals surface area contributed by atoms with Gasteiger partial charge in [0, 0.05) is 69.9 Å². The molecule has 2 N–H and O–H groups in total. The highest BCUT2D eigenvalue weighted by molar-refractivity contribution is 6.07. The maximum absolute atomic E-state index is 16.5. The molecule has 2 aliphatic rings. The van der Waals surface area contributed by atoms with Crippen LogP contribution in [0.4, 0.5) is 46.9 Å². The van der Waals surface area contributed by atoms with Gasteiger partial charge < -0.3 is 29.7 Å². The standard InChI is InChI=1S/C30H34F7N5O4/c1-17-15-41(11-10-40(17)2)23-13-22(33)25(18-4-3-9-42(16-18)29(45)46-19(5-7-31)6-8-32)26(34)27(23)39-28(44)20-14-38-24(43)12-21(20)30(35,36)37/h4,12-14,17,19H,3,5-11,15-16H2,1-2H3,(H,38,43)(H,39,44)/t17-/m0/s1. The number of hydrogen-bond donors (Lipinski definition) is 2. The predicted molar refractivity (Wildman–Crippen MR) is 156 cm³/mol. The van der Waals surface area contributed by atoms with Crippen molar-refractivity contribution in [2.24, 2.45) is 0 Å². The van der Waals surface area contributed by atoms with Crippen LogP contribution in [-0.2, 0) is 10.9 Å². The summed E-state index contributed by atoms with van der Waals surface area (Å²) < 4.78 is 104. The van der Waals surface area contributed by atoms with Crippen molar-refractivity contribution in [1.82, 2.24) is 14.8 Å². The molecule has 1 atom stereocenters. The van der Waals surface area contributed by atoms with Gasteiger partial charge in [0.05, 0.1) is 35.7 Å². The van der Waals surface area contributed by atoms with Crippen LogP contribution in [0.1, 0.15) is 47.7 Å². The molecule has 0 radical (unpaired) electrons. The van der Waals surface area contributed by atoms with Crippen LogP contribution in [0.15, 0.2) is 29.2 Å². The summed E-state index contributed by atoms with van der Waals surface area (Å²) in [5, 5.41) is 2.18. The molecule has 16 heteroatoms. The lowest BCUT2D eigenvalue weighted by molar-refractivity contribution is -0.138. The van der Waals surface area contributed by atoms with Gasteiger partial charge in [-0.05, 0) is 26.0 Å². The van der Waals surface area contributed by atoms with Crippen molar-refractivity contribution in [3.8, 4) is 0 Å². The first-order valence-electron chi connectivity index (χ1n) is 14.6. The monoisotopic (exact) mass is 661 g/mol. The number of nitrogens with zero attached hydrogens (tertiary/aromatic N) is 3. The van der Waals surface area contributed by atoms with E-state index in [4.69, 9.17) is 4.74 Å². The number of pyridine rings is 1. The van der Waals surface area contributed by atoms with E-state index in [0.717, 1.165) is 11.0 Å². The summed E-state index contributed by atoms with van der Waals surface area (Å²) in [4.78, 5) is 44.4. The molecule has 1 aromatic carbocycles. The summed E-state index contributed by atoms with van der Waals surface area (Å²) >= 11 is 0. The Labute approximate surface area is 260 Å². The van der Waals surface area contributed by atoms with Gasteiger partial charge in [0.2, 0.25) is 5.56 Å². The molecule has 2 aromatic rings. The number of piperazine rings is 1. The summed E-state index contributed by atoms with van der Waals surface area (Å²) in [5.74, 6) is -3.74. The molecule has 1 fully saturated rings. The first-order valence-corrected chi connectivity index (χ1v) is 14.6. The third-order valence-electron chi connectivity index (χ3n) is 8.07. The van der Waals surface area contributed by atoms with Crippen LogP contribution in [0.5, 0.6) is 0 Å². The van der Waals surface area contributed by atoms with Crippen molar-refractivity contribution < 1.29 is 45.1 Å². The zero-order valence-electron chi connectivity index (χ0n) is 25.2. The molecule has 2 amide bonds. The van der Waals surface area contributed by atoms with E-state index in [0.29, 0.717) is 12.7 Å². The van der Waals surface area contributed by atoms with Gasteiger partial charge in [-0.15, -0.1) is 0 Å². The summed E-state index contributed by atoms with van der Waals surface area (Å²) in [5.41, 5.74) is -4.99. The van der Waals surface area contributed by atoms with Gasteiger partial charge in [-0.2, -0.15) is 13.2 Å². The summed E-state index contributed by atoms with van der Waals surface area (Å²) in [6.07, 6.45) is -5.36. The van der Waals surface area contributed by atoms with Gasteiger partial charge in [-0.3, -0.25) is 18.4 Å². The Morgan fingerprint density at radius 1 is 1.11 bits per heavy atom. The van der Waals surface area contributed by atoms with E-state index in [9.17, 15) is 36.3 Å². The third-order valence-corrected chi connectivity index (χ3v) is 8.07. The van der Waals surface area contributed by atoms with Gasteiger partial charge in [0.1, 0.15) is 17.6 Å². The second-order valence-corrected chi connectivity index (χ2v) is 11.2. The summed E-state index contributed by atoms with van der Waals surface area (Å²) in [6, 6.07) is 1.09. The lowest BCUT2D eigenvalue weighted by atomic mass is 9.97. The van der Waals surface area contributed by atoms with Gasteiger partial charge in [0.25, 0.3) is 5.91 Å². The SMILES string of the molecule is C[C@H]1CN(c2cc(F)c(C3=CCCN(C(=O)OC(CCF)CCF)C3)c(F)c2NC(=O)c2c[nH]c(=O)cc2C(F)(F)F)CCN1C. The molecule has 0 bridgehead atoms. The molecule has 0 unspecified atom stereocenters. The first kappa shape index (κ1) is 34.8. The average molecular weight is 662 g/mol. The number of hydrogen-bond acceptors (Lipinski definition) is 6. The third kappa shape index (κ3) is 7.82. The quantitative estimate of drug-likeness (QED) is 0.351. The van der Waals surface area contributed by atoms with Crippen LogP contribution in [0.3, 0.4) is 0 Å². The van der Waals surface area contributed by atoms with Gasteiger partial charge >= 0.3 is 12.3 Å². The highest BCUT2D eigenvalue weighted by Gasteiger charge is 2.37. The molecule has 4 rings (SSSR count). The number of anilines is 2. The number of aromatic amines is 1. The predicted octanol–water partition coefficient (Wildman–Crippen LogP) is 5.38. The van der Waals surface area contributed by atoms with E-state index in [2.05, 4.69) is 5.32 Å². The Morgan fingerprint density at radius 2 is 1.80 bits per heavy atom. The van der Waals surface area contributed by atoms with E-state index in [1.807, 2.05) is 23.9 Å².